The van der Waals surface area contributed by atoms with Crippen LogP contribution in [0.1, 0.15) is 0 Å². The van der Waals surface area contributed by atoms with Gasteiger partial charge in [0.1, 0.15) is 0 Å². The van der Waals surface area contributed by atoms with Crippen molar-refractivity contribution in [2.24, 2.45) is 0 Å². The van der Waals surface area contributed by atoms with Crippen LogP contribution >= 0.6 is 73.9 Å². The summed E-state index contributed by atoms with van der Waals surface area (Å²) in [6.07, 6.45) is 0. The monoisotopic (exact) mass is 332 g/mol. The van der Waals surface area contributed by atoms with Crippen molar-refractivity contribution in [1.29, 1.82) is 0 Å². The van der Waals surface area contributed by atoms with E-state index in [9.17, 15) is 0 Å². The standard InChI is InChI=1S/C6H6BrCl5/c7-1-2(8)4(10)6(12)5(11)3(1)9/h1-6H. The second kappa shape index (κ2) is 4.63. The molecule has 0 amide bonds. The molecule has 1 saturated carbocycles. The lowest BCUT2D eigenvalue weighted by atomic mass is 9.98. The number of rotatable bonds is 0. The van der Waals surface area contributed by atoms with Crippen molar-refractivity contribution >= 4 is 73.9 Å². The van der Waals surface area contributed by atoms with Gasteiger partial charge in [-0.1, -0.05) is 15.9 Å². The molecule has 0 aromatic rings. The molecule has 0 bridgehead atoms. The Morgan fingerprint density at radius 3 is 1.17 bits per heavy atom. The highest BCUT2D eigenvalue weighted by Crippen LogP contribution is 2.40. The van der Waals surface area contributed by atoms with Crippen LogP contribution in [-0.2, 0) is 0 Å². The second-order valence-electron chi connectivity index (χ2n) is 2.67. The van der Waals surface area contributed by atoms with E-state index in [2.05, 4.69) is 15.9 Å². The van der Waals surface area contributed by atoms with Crippen LogP contribution in [0.5, 0.6) is 0 Å². The van der Waals surface area contributed by atoms with Gasteiger partial charge in [0.15, 0.2) is 0 Å². The van der Waals surface area contributed by atoms with E-state index in [0.29, 0.717) is 0 Å². The Hall–Kier alpha value is 1.93. The molecule has 12 heavy (non-hydrogen) atoms. The first-order chi connectivity index (χ1) is 5.46. The van der Waals surface area contributed by atoms with E-state index in [1.54, 1.807) is 0 Å². The predicted octanol–water partition coefficient (Wildman–Crippen LogP) is 3.80. The average molecular weight is 335 g/mol. The van der Waals surface area contributed by atoms with Gasteiger partial charge in [0, 0.05) is 0 Å². The van der Waals surface area contributed by atoms with Gasteiger partial charge >= 0.3 is 0 Å². The Balaban J connectivity index is 2.76. The maximum atomic E-state index is 5.97. The number of alkyl halides is 6. The van der Waals surface area contributed by atoms with Gasteiger partial charge in [0.25, 0.3) is 0 Å². The Morgan fingerprint density at radius 1 is 0.583 bits per heavy atom. The molecule has 4 atom stereocenters. The number of hydrogen-bond donors (Lipinski definition) is 0. The molecule has 0 radical (unpaired) electrons. The quantitative estimate of drug-likeness (QED) is 0.591. The third kappa shape index (κ3) is 2.12. The van der Waals surface area contributed by atoms with E-state index in [-0.39, 0.29) is 31.7 Å². The summed E-state index contributed by atoms with van der Waals surface area (Å²) in [5.74, 6) is 0. The van der Waals surface area contributed by atoms with Crippen molar-refractivity contribution in [3.05, 3.63) is 0 Å². The van der Waals surface area contributed by atoms with Crippen LogP contribution < -0.4 is 0 Å². The zero-order valence-corrected chi connectivity index (χ0v) is 11.1. The largest absolute Gasteiger partial charge is 0.120 e. The van der Waals surface area contributed by atoms with Gasteiger partial charge in [-0.2, -0.15) is 0 Å². The lowest BCUT2D eigenvalue weighted by Gasteiger charge is -2.38. The average Bonchev–Trinajstić information content (AvgIpc) is 2.08. The predicted molar refractivity (Wildman–Crippen MR) is 60.9 cm³/mol. The van der Waals surface area contributed by atoms with Crippen molar-refractivity contribution in [2.75, 3.05) is 0 Å². The third-order valence-electron chi connectivity index (χ3n) is 1.83. The molecule has 0 heterocycles. The lowest BCUT2D eigenvalue weighted by molar-refractivity contribution is 0.555. The summed E-state index contributed by atoms with van der Waals surface area (Å²) in [6.45, 7) is 0. The van der Waals surface area contributed by atoms with E-state index >= 15 is 0 Å². The van der Waals surface area contributed by atoms with E-state index in [1.807, 2.05) is 0 Å². The molecule has 0 nitrogen and oxygen atoms in total. The van der Waals surface area contributed by atoms with Crippen LogP contribution in [0.4, 0.5) is 0 Å². The summed E-state index contributed by atoms with van der Waals surface area (Å²) in [4.78, 5) is -0.0965. The summed E-state index contributed by atoms with van der Waals surface area (Å²) in [5, 5.41) is -1.66. The molecule has 4 unspecified atom stereocenters. The Kier molecular flexibility index (Phi) is 4.63. The van der Waals surface area contributed by atoms with Gasteiger partial charge in [-0.15, -0.1) is 58.0 Å². The lowest BCUT2D eigenvalue weighted by Crippen LogP contribution is -2.51. The van der Waals surface area contributed by atoms with Crippen LogP contribution in [0.15, 0.2) is 0 Å². The van der Waals surface area contributed by atoms with Crippen LogP contribution in [0.2, 0.25) is 0 Å². The summed E-state index contributed by atoms with van der Waals surface area (Å²) < 4.78 is 0. The summed E-state index contributed by atoms with van der Waals surface area (Å²) in [5.41, 5.74) is 0. The highest BCUT2D eigenvalue weighted by atomic mass is 79.9. The molecule has 72 valence electrons. The number of hydrogen-bond acceptors (Lipinski definition) is 0. The van der Waals surface area contributed by atoms with Crippen molar-refractivity contribution in [3.8, 4) is 0 Å². The molecule has 1 fully saturated rings. The third-order valence-corrected chi connectivity index (χ3v) is 6.80. The molecule has 0 aromatic carbocycles. The smallest absolute Gasteiger partial charge is 0.0692 e. The molecule has 1 aliphatic carbocycles. The molecule has 1 aliphatic rings. The Labute approximate surface area is 105 Å². The summed E-state index contributed by atoms with van der Waals surface area (Å²) >= 11 is 33.1. The molecule has 0 saturated heterocycles. The minimum absolute atomic E-state index is 0.0965. The molecule has 0 N–H and O–H groups in total. The first-order valence-electron chi connectivity index (χ1n) is 3.31. The minimum atomic E-state index is -0.382. The fraction of sp³-hybridized carbons (Fsp3) is 1.00. The van der Waals surface area contributed by atoms with Crippen LogP contribution in [0.25, 0.3) is 0 Å². The summed E-state index contributed by atoms with van der Waals surface area (Å²) in [7, 11) is 0. The van der Waals surface area contributed by atoms with Crippen LogP contribution in [0, 0.1) is 0 Å². The fourth-order valence-corrected chi connectivity index (χ4v) is 3.93. The highest BCUT2D eigenvalue weighted by molar-refractivity contribution is 9.09. The van der Waals surface area contributed by atoms with Gasteiger partial charge < -0.3 is 0 Å². The molecule has 0 aromatic heterocycles. The fourth-order valence-electron chi connectivity index (χ4n) is 1.05. The Bertz CT molecular complexity index is 107. The van der Waals surface area contributed by atoms with Crippen molar-refractivity contribution in [2.45, 2.75) is 31.7 Å². The van der Waals surface area contributed by atoms with Crippen molar-refractivity contribution in [1.82, 2.24) is 0 Å². The maximum Gasteiger partial charge on any atom is 0.0692 e. The molecular formula is C6H6BrCl5. The minimum Gasteiger partial charge on any atom is -0.120 e. The van der Waals surface area contributed by atoms with E-state index in [4.69, 9.17) is 58.0 Å². The van der Waals surface area contributed by atoms with Crippen molar-refractivity contribution in [3.63, 3.8) is 0 Å². The van der Waals surface area contributed by atoms with E-state index in [0.717, 1.165) is 0 Å². The SMILES string of the molecule is ClC1C(Cl)C(Cl)C(Br)C(Cl)C1Cl. The first-order valence-corrected chi connectivity index (χ1v) is 6.41. The van der Waals surface area contributed by atoms with Crippen LogP contribution in [0.3, 0.4) is 0 Å². The van der Waals surface area contributed by atoms with Gasteiger partial charge in [-0.3, -0.25) is 0 Å². The second-order valence-corrected chi connectivity index (χ2v) is 6.24. The topological polar surface area (TPSA) is 0 Å². The number of halogens is 6. The molecule has 6 heteroatoms. The van der Waals surface area contributed by atoms with Gasteiger partial charge in [0.05, 0.1) is 31.7 Å². The molecule has 0 spiro atoms. The highest BCUT2D eigenvalue weighted by Gasteiger charge is 2.46. The van der Waals surface area contributed by atoms with Gasteiger partial charge in [-0.25, -0.2) is 0 Å². The first kappa shape index (κ1) is 12.0. The summed E-state index contributed by atoms with van der Waals surface area (Å²) in [6, 6.07) is 0. The Morgan fingerprint density at radius 2 is 0.833 bits per heavy atom. The van der Waals surface area contributed by atoms with Crippen molar-refractivity contribution < 1.29 is 0 Å². The molecular weight excluding hydrogens is 329 g/mol. The normalized spacial score (nSPS) is 55.5. The van der Waals surface area contributed by atoms with Crippen LogP contribution in [-0.4, -0.2) is 31.7 Å². The maximum absolute atomic E-state index is 5.97. The zero-order valence-electron chi connectivity index (χ0n) is 5.73. The molecule has 0 aliphatic heterocycles. The van der Waals surface area contributed by atoms with Gasteiger partial charge in [0.2, 0.25) is 0 Å². The van der Waals surface area contributed by atoms with Gasteiger partial charge in [-0.05, 0) is 0 Å². The molecule has 1 rings (SSSR count). The van der Waals surface area contributed by atoms with E-state index in [1.165, 1.54) is 0 Å². The zero-order chi connectivity index (χ0) is 9.46. The van der Waals surface area contributed by atoms with E-state index < -0.39 is 0 Å².